The van der Waals surface area contributed by atoms with Crippen molar-refractivity contribution < 1.29 is 20.1 Å². The van der Waals surface area contributed by atoms with Crippen LogP contribution in [0.3, 0.4) is 0 Å². The van der Waals surface area contributed by atoms with Gasteiger partial charge in [0.05, 0.1) is 18.8 Å². The first-order valence-electron chi connectivity index (χ1n) is 23.7. The summed E-state index contributed by atoms with van der Waals surface area (Å²) in [6, 6.07) is -0.798. The van der Waals surface area contributed by atoms with E-state index in [0.717, 1.165) is 32.1 Å². The van der Waals surface area contributed by atoms with E-state index >= 15 is 0 Å². The minimum absolute atomic E-state index is 0.363. The predicted octanol–water partition coefficient (Wildman–Crippen LogP) is 13.8. The fraction of sp³-hybridized carbons (Fsp3) is 0.896. The van der Waals surface area contributed by atoms with Crippen LogP contribution in [0.15, 0.2) is 24.3 Å². The van der Waals surface area contributed by atoms with Gasteiger partial charge in [0.15, 0.2) is 0 Å². The maximum Gasteiger partial charge on any atom is 0.249 e. The lowest BCUT2D eigenvalue weighted by molar-refractivity contribution is -0.131. The lowest BCUT2D eigenvalue weighted by atomic mass is 10.0. The molecule has 0 saturated carbocycles. The Labute approximate surface area is 331 Å². The molecule has 4 N–H and O–H groups in total. The summed E-state index contributed by atoms with van der Waals surface area (Å²) in [5.74, 6) is -0.505. The molecule has 0 aliphatic rings. The molecule has 5 heteroatoms. The van der Waals surface area contributed by atoms with Gasteiger partial charge in [0, 0.05) is 0 Å². The lowest BCUT2D eigenvalue weighted by Crippen LogP contribution is -2.48. The molecule has 0 rings (SSSR count). The van der Waals surface area contributed by atoms with Gasteiger partial charge >= 0.3 is 0 Å². The van der Waals surface area contributed by atoms with Crippen molar-refractivity contribution in [3.63, 3.8) is 0 Å². The minimum atomic E-state index is -1.10. The summed E-state index contributed by atoms with van der Waals surface area (Å²) in [4.78, 5) is 12.5. The molecule has 0 aliphatic carbocycles. The first kappa shape index (κ1) is 51.8. The number of aliphatic hydroxyl groups is 3. The summed E-state index contributed by atoms with van der Waals surface area (Å²) in [6.07, 6.45) is 53.6. The van der Waals surface area contributed by atoms with Crippen molar-refractivity contribution in [3.8, 4) is 0 Å². The summed E-state index contributed by atoms with van der Waals surface area (Å²) in [7, 11) is 0. The van der Waals surface area contributed by atoms with E-state index in [2.05, 4.69) is 31.3 Å². The van der Waals surface area contributed by atoms with Crippen LogP contribution in [0.25, 0.3) is 0 Å². The SMILES string of the molecule is CCCCCCCCCC/C=C\CCCCCCCCC(O)C(=O)NC(CO)C(O)/C=C/CCCCCCCCCCCCCCCCCCCCC. The molecule has 0 saturated heterocycles. The quantitative estimate of drug-likeness (QED) is 0.0369. The van der Waals surface area contributed by atoms with Crippen LogP contribution in [-0.4, -0.2) is 46.1 Å². The molecule has 314 valence electrons. The molecule has 1 amide bonds. The van der Waals surface area contributed by atoms with E-state index in [1.165, 1.54) is 199 Å². The van der Waals surface area contributed by atoms with Gasteiger partial charge in [0.25, 0.3) is 0 Å². The van der Waals surface area contributed by atoms with Crippen molar-refractivity contribution in [1.82, 2.24) is 5.32 Å². The molecule has 0 heterocycles. The van der Waals surface area contributed by atoms with E-state index in [0.29, 0.717) is 6.42 Å². The van der Waals surface area contributed by atoms with Gasteiger partial charge in [-0.15, -0.1) is 0 Å². The molecule has 0 aromatic rings. The number of aliphatic hydroxyl groups excluding tert-OH is 3. The van der Waals surface area contributed by atoms with Crippen LogP contribution in [0, 0.1) is 0 Å². The topological polar surface area (TPSA) is 89.8 Å². The highest BCUT2D eigenvalue weighted by Gasteiger charge is 2.22. The summed E-state index contributed by atoms with van der Waals surface area (Å²) in [5.41, 5.74) is 0. The average molecular weight is 748 g/mol. The third kappa shape index (κ3) is 38.9. The molecular weight excluding hydrogens is 655 g/mol. The van der Waals surface area contributed by atoms with Gasteiger partial charge in [-0.05, 0) is 44.9 Å². The predicted molar refractivity (Wildman–Crippen MR) is 231 cm³/mol. The summed E-state index contributed by atoms with van der Waals surface area (Å²) in [6.45, 7) is 4.20. The molecule has 0 fully saturated rings. The molecule has 0 aliphatic heterocycles. The Morgan fingerprint density at radius 1 is 0.453 bits per heavy atom. The number of carbonyl (C=O) groups excluding carboxylic acids is 1. The van der Waals surface area contributed by atoms with Crippen LogP contribution in [0.1, 0.15) is 251 Å². The van der Waals surface area contributed by atoms with Gasteiger partial charge < -0.3 is 20.6 Å². The van der Waals surface area contributed by atoms with Gasteiger partial charge in [-0.3, -0.25) is 4.79 Å². The van der Waals surface area contributed by atoms with Gasteiger partial charge in [-0.2, -0.15) is 0 Å². The standard InChI is InChI=1S/C48H93NO4/c1-3-5-7-9-11-13-15-17-19-21-23-24-25-27-28-30-32-34-36-38-40-42-46(51)45(44-50)49-48(53)47(52)43-41-39-37-35-33-31-29-26-22-20-18-16-14-12-10-8-6-4-2/h22,26,40,42,45-47,50-52H,3-21,23-25,27-39,41,43-44H2,1-2H3,(H,49,53)/b26-22-,42-40+. The third-order valence-corrected chi connectivity index (χ3v) is 11.0. The Morgan fingerprint density at radius 2 is 0.755 bits per heavy atom. The Morgan fingerprint density at radius 3 is 1.09 bits per heavy atom. The zero-order chi connectivity index (χ0) is 38.7. The summed E-state index contributed by atoms with van der Waals surface area (Å²) in [5, 5.41) is 33.2. The fourth-order valence-corrected chi connectivity index (χ4v) is 7.30. The Bertz CT molecular complexity index is 784. The van der Waals surface area contributed by atoms with Gasteiger partial charge in [0.2, 0.25) is 5.91 Å². The Balaban J connectivity index is 3.64. The second-order valence-corrected chi connectivity index (χ2v) is 16.3. The van der Waals surface area contributed by atoms with E-state index in [4.69, 9.17) is 0 Å². The number of allylic oxidation sites excluding steroid dienone is 3. The minimum Gasteiger partial charge on any atom is -0.394 e. The largest absolute Gasteiger partial charge is 0.394 e. The van der Waals surface area contributed by atoms with Gasteiger partial charge in [0.1, 0.15) is 6.10 Å². The number of carbonyl (C=O) groups is 1. The highest BCUT2D eigenvalue weighted by atomic mass is 16.3. The van der Waals surface area contributed by atoms with Crippen molar-refractivity contribution in [2.45, 2.75) is 270 Å². The van der Waals surface area contributed by atoms with Crippen LogP contribution in [-0.2, 0) is 4.79 Å². The van der Waals surface area contributed by atoms with Crippen molar-refractivity contribution in [1.29, 1.82) is 0 Å². The highest BCUT2D eigenvalue weighted by Crippen LogP contribution is 2.16. The monoisotopic (exact) mass is 748 g/mol. The Kier molecular flexibility index (Phi) is 42.6. The normalized spacial score (nSPS) is 13.7. The molecule has 0 aromatic carbocycles. The Hall–Kier alpha value is -1.17. The van der Waals surface area contributed by atoms with Crippen LogP contribution < -0.4 is 5.32 Å². The van der Waals surface area contributed by atoms with Gasteiger partial charge in [-0.1, -0.05) is 231 Å². The maximum absolute atomic E-state index is 12.5. The van der Waals surface area contributed by atoms with E-state index in [-0.39, 0.29) is 6.61 Å². The van der Waals surface area contributed by atoms with Crippen molar-refractivity contribution in [3.05, 3.63) is 24.3 Å². The maximum atomic E-state index is 12.5. The average Bonchev–Trinajstić information content (AvgIpc) is 3.16. The van der Waals surface area contributed by atoms with Crippen molar-refractivity contribution in [2.75, 3.05) is 6.61 Å². The lowest BCUT2D eigenvalue weighted by Gasteiger charge is -2.21. The van der Waals surface area contributed by atoms with Crippen molar-refractivity contribution >= 4 is 5.91 Å². The number of amides is 1. The van der Waals surface area contributed by atoms with Crippen molar-refractivity contribution in [2.24, 2.45) is 0 Å². The summed E-state index contributed by atoms with van der Waals surface area (Å²) < 4.78 is 0. The number of unbranched alkanes of at least 4 members (excludes halogenated alkanes) is 33. The molecule has 0 spiro atoms. The number of hydrogen-bond donors (Lipinski definition) is 4. The van der Waals surface area contributed by atoms with E-state index in [1.54, 1.807) is 6.08 Å². The molecule has 53 heavy (non-hydrogen) atoms. The third-order valence-electron chi connectivity index (χ3n) is 11.0. The molecular formula is C48H93NO4. The molecule has 3 unspecified atom stereocenters. The molecule has 0 bridgehead atoms. The number of nitrogens with one attached hydrogen (secondary N) is 1. The molecule has 0 aromatic heterocycles. The molecule has 5 nitrogen and oxygen atoms in total. The van der Waals surface area contributed by atoms with Crippen LogP contribution in [0.5, 0.6) is 0 Å². The zero-order valence-corrected chi connectivity index (χ0v) is 35.7. The number of rotatable bonds is 43. The second-order valence-electron chi connectivity index (χ2n) is 16.3. The second kappa shape index (κ2) is 43.6. The smallest absolute Gasteiger partial charge is 0.249 e. The van der Waals surface area contributed by atoms with E-state index in [1.807, 2.05) is 6.08 Å². The highest BCUT2D eigenvalue weighted by molar-refractivity contribution is 5.80. The van der Waals surface area contributed by atoms with Crippen LogP contribution in [0.4, 0.5) is 0 Å². The zero-order valence-electron chi connectivity index (χ0n) is 35.7. The summed E-state index contributed by atoms with van der Waals surface area (Å²) >= 11 is 0. The van der Waals surface area contributed by atoms with E-state index < -0.39 is 24.2 Å². The van der Waals surface area contributed by atoms with Gasteiger partial charge in [-0.25, -0.2) is 0 Å². The molecule has 0 radical (unpaired) electrons. The van der Waals surface area contributed by atoms with Crippen LogP contribution in [0.2, 0.25) is 0 Å². The van der Waals surface area contributed by atoms with Crippen LogP contribution >= 0.6 is 0 Å². The first-order chi connectivity index (χ1) is 26.1. The molecule has 3 atom stereocenters. The number of hydrogen-bond acceptors (Lipinski definition) is 4. The fourth-order valence-electron chi connectivity index (χ4n) is 7.30. The van der Waals surface area contributed by atoms with E-state index in [9.17, 15) is 20.1 Å². The first-order valence-corrected chi connectivity index (χ1v) is 23.7.